The van der Waals surface area contributed by atoms with E-state index in [-0.39, 0.29) is 5.91 Å². The normalized spacial score (nSPS) is 15.2. The van der Waals surface area contributed by atoms with E-state index in [2.05, 4.69) is 10.2 Å². The molecule has 1 N–H and O–H groups in total. The molecule has 3 aromatic carbocycles. The number of nitrogens with zero attached hydrogens (tertiary/aromatic N) is 1. The molecule has 0 saturated carbocycles. The zero-order valence-electron chi connectivity index (χ0n) is 19.8. The fourth-order valence-electron chi connectivity index (χ4n) is 4.12. The van der Waals surface area contributed by atoms with E-state index in [1.54, 1.807) is 14.2 Å². The summed E-state index contributed by atoms with van der Waals surface area (Å²) in [6, 6.07) is 23.8. The number of methoxy groups -OCH3 is 2. The Labute approximate surface area is 201 Å². The zero-order chi connectivity index (χ0) is 23.8. The Bertz CT molecular complexity index is 1070. The number of amides is 1. The predicted molar refractivity (Wildman–Crippen MR) is 135 cm³/mol. The largest absolute Gasteiger partial charge is 0.493 e. The van der Waals surface area contributed by atoms with Crippen LogP contribution in [0.4, 0.5) is 11.4 Å². The average Bonchev–Trinajstić information content (AvgIpc) is 3.37. The topological polar surface area (TPSA) is 60.0 Å². The van der Waals surface area contributed by atoms with Crippen molar-refractivity contribution < 1.29 is 19.0 Å². The minimum atomic E-state index is -0.0176. The average molecular weight is 461 g/mol. The van der Waals surface area contributed by atoms with Gasteiger partial charge in [-0.15, -0.1) is 0 Å². The Balaban J connectivity index is 1.29. The van der Waals surface area contributed by atoms with Gasteiger partial charge in [0.05, 0.1) is 13.2 Å². The first kappa shape index (κ1) is 23.6. The molecular formula is C28H32N2O4. The third-order valence-electron chi connectivity index (χ3n) is 6.10. The molecule has 1 atom stereocenters. The maximum atomic E-state index is 12.5. The smallest absolute Gasteiger partial charge is 0.224 e. The first-order valence-corrected chi connectivity index (χ1v) is 11.7. The second-order valence-corrected chi connectivity index (χ2v) is 8.45. The molecule has 0 aliphatic carbocycles. The maximum absolute atomic E-state index is 12.5. The summed E-state index contributed by atoms with van der Waals surface area (Å²) in [7, 11) is 3.39. The molecule has 34 heavy (non-hydrogen) atoms. The lowest BCUT2D eigenvalue weighted by Crippen LogP contribution is -2.22. The molecule has 1 aliphatic heterocycles. The first-order valence-electron chi connectivity index (χ1n) is 11.7. The molecule has 1 saturated heterocycles. The van der Waals surface area contributed by atoms with E-state index in [1.165, 1.54) is 0 Å². The highest BCUT2D eigenvalue weighted by Crippen LogP contribution is 2.29. The van der Waals surface area contributed by atoms with Gasteiger partial charge >= 0.3 is 0 Å². The maximum Gasteiger partial charge on any atom is 0.224 e. The summed E-state index contributed by atoms with van der Waals surface area (Å²) in [5.41, 5.74) is 4.07. The van der Waals surface area contributed by atoms with E-state index in [9.17, 15) is 4.79 Å². The molecule has 0 spiro atoms. The van der Waals surface area contributed by atoms with Crippen LogP contribution in [-0.2, 0) is 22.6 Å². The van der Waals surface area contributed by atoms with Gasteiger partial charge in [0, 0.05) is 38.0 Å². The van der Waals surface area contributed by atoms with Crippen LogP contribution in [-0.4, -0.2) is 39.3 Å². The highest BCUT2D eigenvalue weighted by Gasteiger charge is 2.22. The number of hydrogen-bond donors (Lipinski definition) is 1. The number of aryl methyl sites for hydroxylation is 1. The fourth-order valence-corrected chi connectivity index (χ4v) is 4.12. The van der Waals surface area contributed by atoms with Gasteiger partial charge in [-0.05, 0) is 60.4 Å². The lowest BCUT2D eigenvalue weighted by atomic mass is 10.1. The van der Waals surface area contributed by atoms with Gasteiger partial charge in [-0.3, -0.25) is 4.79 Å². The number of rotatable bonds is 10. The molecule has 178 valence electrons. The minimum Gasteiger partial charge on any atom is -0.493 e. The summed E-state index contributed by atoms with van der Waals surface area (Å²) in [5, 5.41) is 3.00. The molecule has 3 aromatic rings. The Morgan fingerprint density at radius 1 is 0.971 bits per heavy atom. The molecule has 1 fully saturated rings. The number of ether oxygens (including phenoxy) is 3. The Kier molecular flexibility index (Phi) is 8.04. The highest BCUT2D eigenvalue weighted by atomic mass is 16.5. The third kappa shape index (κ3) is 6.29. The van der Waals surface area contributed by atoms with Crippen LogP contribution in [0.2, 0.25) is 0 Å². The number of hydrogen-bond acceptors (Lipinski definition) is 5. The van der Waals surface area contributed by atoms with E-state index >= 15 is 0 Å². The molecule has 4 rings (SSSR count). The standard InChI is InChI=1S/C28H32N2O4/c1-32-25-16-17-30(19-25)24-12-10-23(11-13-24)29-28(31)15-9-21-8-14-26(33-2)27(18-21)34-20-22-6-4-3-5-7-22/h3-8,10-14,18,25H,9,15-17,19-20H2,1-2H3,(H,29,31). The van der Waals surface area contributed by atoms with Crippen molar-refractivity contribution in [1.82, 2.24) is 0 Å². The van der Waals surface area contributed by atoms with Crippen molar-refractivity contribution in [2.45, 2.75) is 32.0 Å². The Hall–Kier alpha value is -3.51. The Morgan fingerprint density at radius 3 is 2.47 bits per heavy atom. The predicted octanol–water partition coefficient (Wildman–Crippen LogP) is 5.07. The van der Waals surface area contributed by atoms with Gasteiger partial charge in [0.2, 0.25) is 5.91 Å². The van der Waals surface area contributed by atoms with Crippen LogP contribution in [0.25, 0.3) is 0 Å². The van der Waals surface area contributed by atoms with Gasteiger partial charge in [0.1, 0.15) is 6.61 Å². The van der Waals surface area contributed by atoms with Crippen molar-refractivity contribution in [3.8, 4) is 11.5 Å². The highest BCUT2D eigenvalue weighted by molar-refractivity contribution is 5.91. The van der Waals surface area contributed by atoms with Crippen molar-refractivity contribution in [3.05, 3.63) is 83.9 Å². The number of nitrogens with one attached hydrogen (secondary N) is 1. The van der Waals surface area contributed by atoms with Crippen molar-refractivity contribution in [1.29, 1.82) is 0 Å². The summed E-state index contributed by atoms with van der Waals surface area (Å²) in [5.74, 6) is 1.34. The molecule has 6 heteroatoms. The SMILES string of the molecule is COc1ccc(CCC(=O)Nc2ccc(N3CCC(OC)C3)cc2)cc1OCc1ccccc1. The van der Waals surface area contributed by atoms with Crippen LogP contribution in [0.5, 0.6) is 11.5 Å². The van der Waals surface area contributed by atoms with Gasteiger partial charge in [0.15, 0.2) is 11.5 Å². The fraction of sp³-hybridized carbons (Fsp3) is 0.321. The molecule has 1 unspecified atom stereocenters. The second kappa shape index (κ2) is 11.6. The molecule has 6 nitrogen and oxygen atoms in total. The molecule has 1 aliphatic rings. The van der Waals surface area contributed by atoms with Crippen molar-refractivity contribution in [2.24, 2.45) is 0 Å². The number of carbonyl (C=O) groups is 1. The molecular weight excluding hydrogens is 428 g/mol. The summed E-state index contributed by atoms with van der Waals surface area (Å²) < 4.78 is 16.9. The molecule has 1 heterocycles. The monoisotopic (exact) mass is 460 g/mol. The zero-order valence-corrected chi connectivity index (χ0v) is 19.8. The summed E-state index contributed by atoms with van der Waals surface area (Å²) in [6.07, 6.45) is 2.33. The van der Waals surface area contributed by atoms with Gasteiger partial charge in [-0.2, -0.15) is 0 Å². The minimum absolute atomic E-state index is 0.0176. The van der Waals surface area contributed by atoms with E-state index < -0.39 is 0 Å². The van der Waals surface area contributed by atoms with Crippen LogP contribution in [0.1, 0.15) is 24.0 Å². The molecule has 0 radical (unpaired) electrons. The Morgan fingerprint density at radius 2 is 1.76 bits per heavy atom. The molecule has 0 aromatic heterocycles. The second-order valence-electron chi connectivity index (χ2n) is 8.45. The molecule has 1 amide bonds. The summed E-state index contributed by atoms with van der Waals surface area (Å²) >= 11 is 0. The van der Waals surface area contributed by atoms with Crippen molar-refractivity contribution >= 4 is 17.3 Å². The van der Waals surface area contributed by atoms with Crippen LogP contribution in [0, 0.1) is 0 Å². The van der Waals surface area contributed by atoms with Crippen molar-refractivity contribution in [2.75, 3.05) is 37.5 Å². The summed E-state index contributed by atoms with van der Waals surface area (Å²) in [4.78, 5) is 14.8. The van der Waals surface area contributed by atoms with Gasteiger partial charge in [-0.25, -0.2) is 0 Å². The molecule has 0 bridgehead atoms. The van der Waals surface area contributed by atoms with E-state index in [4.69, 9.17) is 14.2 Å². The van der Waals surface area contributed by atoms with Crippen LogP contribution < -0.4 is 19.7 Å². The number of benzene rings is 3. The lowest BCUT2D eigenvalue weighted by molar-refractivity contribution is -0.116. The van der Waals surface area contributed by atoms with E-state index in [0.717, 1.165) is 42.0 Å². The quantitative estimate of drug-likeness (QED) is 0.458. The third-order valence-corrected chi connectivity index (χ3v) is 6.10. The number of anilines is 2. The van der Waals surface area contributed by atoms with E-state index in [0.29, 0.717) is 37.1 Å². The van der Waals surface area contributed by atoms with Crippen LogP contribution in [0.3, 0.4) is 0 Å². The van der Waals surface area contributed by atoms with Crippen molar-refractivity contribution in [3.63, 3.8) is 0 Å². The number of carbonyl (C=O) groups excluding carboxylic acids is 1. The first-order chi connectivity index (χ1) is 16.6. The van der Waals surface area contributed by atoms with Gasteiger partial charge in [-0.1, -0.05) is 36.4 Å². The van der Waals surface area contributed by atoms with Gasteiger partial charge < -0.3 is 24.4 Å². The van der Waals surface area contributed by atoms with E-state index in [1.807, 2.05) is 72.8 Å². The van der Waals surface area contributed by atoms with Crippen LogP contribution in [0.15, 0.2) is 72.8 Å². The van der Waals surface area contributed by atoms with Crippen LogP contribution >= 0.6 is 0 Å². The van der Waals surface area contributed by atoms with Gasteiger partial charge in [0.25, 0.3) is 0 Å². The summed E-state index contributed by atoms with van der Waals surface area (Å²) in [6.45, 7) is 2.35. The lowest BCUT2D eigenvalue weighted by Gasteiger charge is -2.18.